The number of aliphatic hydroxyl groups is 8. The number of hydrogen-bond acceptors (Lipinski definition) is 16. The molecule has 0 heterocycles. The van der Waals surface area contributed by atoms with Gasteiger partial charge in [-0.15, -0.1) is 0 Å². The third kappa shape index (κ3) is 30.2. The highest BCUT2D eigenvalue weighted by atomic mass is 31.1. The molecule has 0 unspecified atom stereocenters. The topological polar surface area (TPSA) is 261 Å². The number of nitrogens with zero attached hydrogens (tertiary/aromatic N) is 8. The van der Waals surface area contributed by atoms with E-state index in [4.69, 9.17) is 39.9 Å². The van der Waals surface area contributed by atoms with E-state index in [1.165, 1.54) is 0 Å². The van der Waals surface area contributed by atoms with Gasteiger partial charge in [0.05, 0.1) is 101 Å². The van der Waals surface area contributed by atoms with E-state index in [0.29, 0.717) is 63.7 Å². The van der Waals surface area contributed by atoms with Gasteiger partial charge in [-0.25, -0.2) is 0 Å². The van der Waals surface area contributed by atoms with Gasteiger partial charge >= 0.3 is 0 Å². The Morgan fingerprint density at radius 3 is 0.411 bits per heavy atom. The zero-order chi connectivity index (χ0) is 86.1. The molecular weight excluding hydrogens is 1580 g/mol. The van der Waals surface area contributed by atoms with Crippen LogP contribution in [0.2, 0.25) is 0 Å². The number of aliphatic imine (C=N–C) groups is 8. The highest BCUT2D eigenvalue weighted by Crippen LogP contribution is 2.43. The Hall–Kier alpha value is -11.5. The van der Waals surface area contributed by atoms with Crippen LogP contribution in [0.5, 0.6) is 0 Å². The van der Waals surface area contributed by atoms with Crippen LogP contribution in [-0.2, 0) is 51.4 Å². The second kappa shape index (κ2) is 50.3. The molecule has 0 radical (unpaired) electrons. The molecule has 12 rings (SSSR count). The van der Waals surface area contributed by atoms with Crippen molar-refractivity contribution in [3.63, 3.8) is 0 Å². The van der Waals surface area contributed by atoms with E-state index in [1.807, 2.05) is 317 Å². The van der Waals surface area contributed by atoms with Gasteiger partial charge in [0, 0.05) is 49.7 Å². The number of hydrogen-bond donors (Lipinski definition) is 8. The molecule has 18 heteroatoms. The zero-order valence-corrected chi connectivity index (χ0v) is 71.8. The molecule has 0 saturated carbocycles. The maximum absolute atomic E-state index is 11.1. The van der Waals surface area contributed by atoms with Crippen molar-refractivity contribution in [1.29, 1.82) is 0 Å². The molecule has 12 aromatic carbocycles. The highest BCUT2D eigenvalue weighted by molar-refractivity contribution is 7.76. The van der Waals surface area contributed by atoms with Crippen LogP contribution in [0.15, 0.2) is 355 Å². The minimum absolute atomic E-state index is 0.199. The number of aliphatic hydroxyl groups excluding tert-OH is 8. The summed E-state index contributed by atoms with van der Waals surface area (Å²) in [4.78, 5) is 41.2. The Bertz CT molecular complexity index is 4450. The van der Waals surface area contributed by atoms with E-state index in [2.05, 4.69) is 48.5 Å². The zero-order valence-electron chi connectivity index (χ0n) is 70.0. The minimum atomic E-state index is -1.55. The fourth-order valence-electron chi connectivity index (χ4n) is 14.8. The van der Waals surface area contributed by atoms with Crippen LogP contribution in [0, 0.1) is 0 Å². The first-order valence-electron chi connectivity index (χ1n) is 42.6. The van der Waals surface area contributed by atoms with Crippen molar-refractivity contribution in [2.24, 2.45) is 39.9 Å². The predicted molar refractivity (Wildman–Crippen MR) is 517 cm³/mol. The van der Waals surface area contributed by atoms with Gasteiger partial charge in [-0.2, -0.15) is 0 Å². The summed E-state index contributed by atoms with van der Waals surface area (Å²) >= 11 is 0. The Morgan fingerprint density at radius 1 is 0.177 bits per heavy atom. The van der Waals surface area contributed by atoms with Crippen LogP contribution in [0.1, 0.15) is 89.0 Å². The van der Waals surface area contributed by atoms with Crippen LogP contribution in [0.3, 0.4) is 0 Å². The summed E-state index contributed by atoms with van der Waals surface area (Å²) in [7, 11) is -3.10. The third-order valence-corrected chi connectivity index (χ3v) is 26.5. The molecule has 0 aromatic heterocycles. The maximum atomic E-state index is 11.1. The van der Waals surface area contributed by atoms with E-state index in [9.17, 15) is 40.9 Å². The molecule has 124 heavy (non-hydrogen) atoms. The lowest BCUT2D eigenvalue weighted by Gasteiger charge is -2.26. The molecule has 634 valence electrons. The monoisotopic (exact) mass is 1690 g/mol. The lowest BCUT2D eigenvalue weighted by Crippen LogP contribution is -2.23. The minimum Gasteiger partial charge on any atom is -0.394 e. The van der Waals surface area contributed by atoms with Crippen molar-refractivity contribution in [2.45, 2.75) is 99.7 Å². The molecule has 12 aromatic rings. The van der Waals surface area contributed by atoms with Gasteiger partial charge in [0.2, 0.25) is 0 Å². The fraction of sp³-hybridized carbons (Fsp3) is 0.245. The van der Waals surface area contributed by atoms with Gasteiger partial charge in [0.15, 0.2) is 0 Å². The molecule has 0 bridgehead atoms. The molecule has 8 N–H and O–H groups in total. The van der Waals surface area contributed by atoms with E-state index in [1.54, 1.807) is 0 Å². The number of rotatable bonds is 47. The molecule has 0 spiro atoms. The first-order chi connectivity index (χ1) is 61.0. The predicted octanol–water partition coefficient (Wildman–Crippen LogP) is 13.4. The second-order valence-electron chi connectivity index (χ2n) is 31.2. The van der Waals surface area contributed by atoms with Crippen LogP contribution in [0.25, 0.3) is 0 Å². The van der Waals surface area contributed by atoms with Crippen molar-refractivity contribution in [3.8, 4) is 0 Å². The molecule has 0 aliphatic carbocycles. The quantitative estimate of drug-likeness (QED) is 0.0134. The van der Waals surface area contributed by atoms with E-state index in [-0.39, 0.29) is 52.9 Å². The Labute approximate surface area is 732 Å². The molecule has 16 nitrogen and oxygen atoms in total. The van der Waals surface area contributed by atoms with Crippen LogP contribution in [0.4, 0.5) is 0 Å². The van der Waals surface area contributed by atoms with Gasteiger partial charge < -0.3 is 40.9 Å². The molecular formula is C106H112N8O8P2. The summed E-state index contributed by atoms with van der Waals surface area (Å²) in [5.41, 5.74) is 14.4. The maximum Gasteiger partial charge on any atom is 0.0770 e. The highest BCUT2D eigenvalue weighted by Gasteiger charge is 2.25. The standard InChI is InChI=1S/C106H112N8O8P2/c115-71-95(47-79-25-9-1-10-26-79)107-63-87-43-88(64-108-96(72-116)48-80-27-11-2-12-28-80)56-103(55-87)123(104-57-89(65-109-97(73-117)49-81-29-13-3-14-30-81)44-90(58-104)66-110-98(74-118)50-82-31-15-4-16-32-82)41-42-124(105-59-91(67-111-99(75-119)51-83-33-17-5-18-34-83)45-92(60-105)68-112-100(76-120)52-84-35-19-6-20-36-84)106-61-93(69-113-101(77-121)53-85-37-21-7-22-38-85)46-94(62-106)70-114-102(78-122)54-86-39-23-8-24-40-86/h1-40,43-46,55-70,95-102,115-122H,41-42,47-54,71-78H2/t95-,96-,97-,98-,99-,100-,101-,102-,123?,124?/m1/s1. The van der Waals surface area contributed by atoms with Gasteiger partial charge in [-0.1, -0.05) is 243 Å². The largest absolute Gasteiger partial charge is 0.394 e. The molecule has 8 atom stereocenters. The van der Waals surface area contributed by atoms with Gasteiger partial charge in [0.25, 0.3) is 0 Å². The summed E-state index contributed by atoms with van der Waals surface area (Å²) in [6.07, 6.45) is 19.8. The Balaban J connectivity index is 1.10. The fourth-order valence-corrected chi connectivity index (χ4v) is 20.5. The van der Waals surface area contributed by atoms with Crippen molar-refractivity contribution >= 4 is 86.8 Å². The number of benzene rings is 12. The second-order valence-corrected chi connectivity index (χ2v) is 35.8. The summed E-state index contributed by atoms with van der Waals surface area (Å²) in [5.74, 6) is 0. The summed E-state index contributed by atoms with van der Waals surface area (Å²) < 4.78 is 0. The molecule has 0 aliphatic heterocycles. The van der Waals surface area contributed by atoms with Gasteiger partial charge in [-0.3, -0.25) is 39.9 Å². The average molecular weight is 1690 g/mol. The van der Waals surface area contributed by atoms with E-state index < -0.39 is 64.2 Å². The lowest BCUT2D eigenvalue weighted by atomic mass is 10.1. The SMILES string of the molecule is OC[C@@H](Cc1ccccc1)N=Cc1cc(C=N[C@@H](CO)Cc2ccccc2)cc(P(CCP(c2cc(C=N[C@@H](CO)Cc3ccccc3)cc(C=N[C@@H](CO)Cc3ccccc3)c2)c2cc(C=N[C@@H](CO)Cc3ccccc3)cc(C=N[C@@H](CO)Cc3ccccc3)c2)c2cc(C=N[C@@H](CO)Cc3ccccc3)cc(C=N[C@@H](CO)Cc3ccccc3)c2)c1. The molecule has 0 fully saturated rings. The molecule has 0 aliphatic rings. The van der Waals surface area contributed by atoms with Crippen molar-refractivity contribution in [1.82, 2.24) is 0 Å². The smallest absolute Gasteiger partial charge is 0.0770 e. The van der Waals surface area contributed by atoms with Crippen molar-refractivity contribution < 1.29 is 40.9 Å². The normalized spacial score (nSPS) is 14.6. The third-order valence-electron chi connectivity index (χ3n) is 21.3. The van der Waals surface area contributed by atoms with E-state index in [0.717, 1.165) is 110 Å². The van der Waals surface area contributed by atoms with Crippen LogP contribution >= 0.6 is 15.8 Å². The lowest BCUT2D eigenvalue weighted by molar-refractivity contribution is 0.266. The summed E-state index contributed by atoms with van der Waals surface area (Å²) in [6, 6.07) is 102. The van der Waals surface area contributed by atoms with Gasteiger partial charge in [-0.05, 0) is 263 Å². The first kappa shape index (κ1) is 91.7. The Morgan fingerprint density at radius 2 is 0.298 bits per heavy atom. The summed E-state index contributed by atoms with van der Waals surface area (Å²) in [5, 5.41) is 92.5. The molecule has 0 amide bonds. The van der Waals surface area contributed by atoms with Gasteiger partial charge in [0.1, 0.15) is 0 Å². The average Bonchev–Trinajstić information content (AvgIpc) is 0.698. The Kier molecular flexibility index (Phi) is 37.2. The van der Waals surface area contributed by atoms with Crippen LogP contribution < -0.4 is 21.2 Å². The van der Waals surface area contributed by atoms with Crippen molar-refractivity contribution in [3.05, 3.63) is 404 Å². The molecule has 0 saturated heterocycles. The van der Waals surface area contributed by atoms with Crippen molar-refractivity contribution in [2.75, 3.05) is 65.2 Å². The first-order valence-corrected chi connectivity index (χ1v) is 45.6. The van der Waals surface area contributed by atoms with Crippen LogP contribution in [-0.4, -0.2) is 204 Å². The summed E-state index contributed by atoms with van der Waals surface area (Å²) in [6.45, 7) is -1.59. The van der Waals surface area contributed by atoms with E-state index >= 15 is 0 Å².